The van der Waals surface area contributed by atoms with Gasteiger partial charge in [-0.15, -0.1) is 0 Å². The number of anilines is 3. The lowest BCUT2D eigenvalue weighted by molar-refractivity contribution is 0.669. The van der Waals surface area contributed by atoms with Crippen LogP contribution in [0.2, 0.25) is 0 Å². The highest BCUT2D eigenvalue weighted by Gasteiger charge is 2.16. The van der Waals surface area contributed by atoms with Gasteiger partial charge in [0.05, 0.1) is 36.1 Å². The average molecular weight is 736 g/mol. The van der Waals surface area contributed by atoms with Crippen molar-refractivity contribution in [1.29, 1.82) is 0 Å². The number of hydrogen-bond donors (Lipinski definition) is 0. The number of fused-ring (bicyclic) bond motifs is 3. The van der Waals surface area contributed by atoms with Crippen molar-refractivity contribution in [3.05, 3.63) is 212 Å². The number of nitrogens with zero attached hydrogens (tertiary/aromatic N) is 3. The van der Waals surface area contributed by atoms with E-state index >= 15 is 0 Å². The molecular formula is C52H35N3O. The van der Waals surface area contributed by atoms with E-state index in [1.807, 2.05) is 84.9 Å². The Morgan fingerprint density at radius 1 is 0.393 bits per heavy atom. The Bertz CT molecular complexity index is 3870. The van der Waals surface area contributed by atoms with Crippen LogP contribution in [0.25, 0.3) is 78.1 Å². The van der Waals surface area contributed by atoms with Crippen LogP contribution in [0.15, 0.2) is 216 Å². The van der Waals surface area contributed by atoms with E-state index in [1.165, 1.54) is 6.07 Å². The number of rotatable bonds is 8. The Morgan fingerprint density at radius 3 is 1.62 bits per heavy atom. The van der Waals surface area contributed by atoms with Gasteiger partial charge in [-0.25, -0.2) is 9.97 Å². The number of benzene rings is 8. The van der Waals surface area contributed by atoms with Crippen molar-refractivity contribution < 1.29 is 29.1 Å². The van der Waals surface area contributed by atoms with Crippen LogP contribution in [-0.2, 0) is 0 Å². The molecule has 10 rings (SSSR count). The highest BCUT2D eigenvalue weighted by molar-refractivity contribution is 6.07. The molecule has 2 heterocycles. The molecule has 0 radical (unpaired) electrons. The van der Waals surface area contributed by atoms with Crippen LogP contribution < -0.4 is 4.90 Å². The molecular weight excluding hydrogens is 683 g/mol. The largest absolute Gasteiger partial charge is 0.456 e. The number of aromatic nitrogens is 2. The maximum Gasteiger partial charge on any atom is 0.160 e. The number of para-hydroxylation sites is 1. The second-order valence-electron chi connectivity index (χ2n) is 12.5. The zero-order valence-electron chi connectivity index (χ0n) is 47.1. The molecule has 0 atom stereocenters. The summed E-state index contributed by atoms with van der Waals surface area (Å²) in [7, 11) is 0. The molecule has 0 aliphatic rings. The van der Waals surface area contributed by atoms with Gasteiger partial charge in [-0.05, 0) is 88.8 Å². The first kappa shape index (κ1) is 19.2. The molecule has 0 N–H and O–H groups in total. The normalized spacial score (nSPS) is 15.7. The molecule has 2 aromatic heterocycles. The molecule has 0 aliphatic heterocycles. The SMILES string of the molecule is [2H]c1c([2H])c([2H])c(-c2c([2H])c([2H])c([2H])c(N(c3c([2H])c([2H])c([2H])c([2H])c3[2H])c3c([2H])c([2H])c(-c4ccc5c(c4)oc4cc(-c6cc(-c7ccccc7)nc(-c7ccccc7)n6)ccc45)c([2H])c3[2H])c2[2H])c([2H])c1[2H]. The fourth-order valence-corrected chi connectivity index (χ4v) is 6.36. The van der Waals surface area contributed by atoms with Gasteiger partial charge in [0.15, 0.2) is 5.82 Å². The van der Waals surface area contributed by atoms with Crippen molar-refractivity contribution in [2.45, 2.75) is 0 Å². The van der Waals surface area contributed by atoms with E-state index in [9.17, 15) is 6.85 Å². The van der Waals surface area contributed by atoms with Crippen molar-refractivity contribution in [1.82, 2.24) is 9.97 Å². The van der Waals surface area contributed by atoms with Gasteiger partial charge in [-0.1, -0.05) is 145 Å². The smallest absolute Gasteiger partial charge is 0.160 e. The van der Waals surface area contributed by atoms with Gasteiger partial charge >= 0.3 is 0 Å². The third kappa shape index (κ3) is 6.40. The summed E-state index contributed by atoms with van der Waals surface area (Å²) in [4.78, 5) is 10.4. The Hall–Kier alpha value is -7.56. The predicted molar refractivity (Wildman–Crippen MR) is 231 cm³/mol. The van der Waals surface area contributed by atoms with Crippen LogP contribution in [0.5, 0.6) is 0 Å². The van der Waals surface area contributed by atoms with E-state index < -0.39 is 137 Å². The van der Waals surface area contributed by atoms with E-state index in [2.05, 4.69) is 0 Å². The summed E-state index contributed by atoms with van der Waals surface area (Å²) in [5.41, 5.74) is 0.327. The Balaban J connectivity index is 1.16. The topological polar surface area (TPSA) is 42.2 Å². The van der Waals surface area contributed by atoms with Gasteiger partial charge in [-0.2, -0.15) is 0 Å². The van der Waals surface area contributed by atoms with E-state index in [4.69, 9.17) is 32.2 Å². The molecule has 4 nitrogen and oxygen atoms in total. The zero-order chi connectivity index (χ0) is 52.9. The van der Waals surface area contributed by atoms with Crippen molar-refractivity contribution in [2.24, 2.45) is 0 Å². The van der Waals surface area contributed by atoms with Crippen LogP contribution >= 0.6 is 0 Å². The summed E-state index contributed by atoms with van der Waals surface area (Å²) in [5.74, 6) is 0.518. The molecule has 0 unspecified atom stereocenters. The lowest BCUT2D eigenvalue weighted by Gasteiger charge is -2.26. The highest BCUT2D eigenvalue weighted by Crippen LogP contribution is 2.39. The molecule has 56 heavy (non-hydrogen) atoms. The van der Waals surface area contributed by atoms with E-state index in [0.29, 0.717) is 44.1 Å². The fourth-order valence-electron chi connectivity index (χ4n) is 6.36. The molecule has 0 bridgehead atoms. The molecule has 0 aliphatic carbocycles. The van der Waals surface area contributed by atoms with Crippen LogP contribution in [0.1, 0.15) is 24.7 Å². The first-order valence-electron chi connectivity index (χ1n) is 26.3. The van der Waals surface area contributed by atoms with Crippen molar-refractivity contribution >= 4 is 39.0 Å². The molecule has 4 heteroatoms. The van der Waals surface area contributed by atoms with Crippen LogP contribution in [0, 0.1) is 0 Å². The minimum Gasteiger partial charge on any atom is -0.456 e. The number of furan rings is 1. The summed E-state index contributed by atoms with van der Waals surface area (Å²) in [6.07, 6.45) is 0. The molecule has 8 aromatic carbocycles. The maximum absolute atomic E-state index is 9.49. The van der Waals surface area contributed by atoms with Gasteiger partial charge in [0.1, 0.15) is 11.2 Å². The van der Waals surface area contributed by atoms with E-state index in [0.717, 1.165) is 16.7 Å². The van der Waals surface area contributed by atoms with Gasteiger partial charge in [0.2, 0.25) is 0 Å². The lowest BCUT2D eigenvalue weighted by Crippen LogP contribution is -2.09. The monoisotopic (exact) mass is 735 g/mol. The van der Waals surface area contributed by atoms with E-state index in [1.54, 1.807) is 12.1 Å². The second kappa shape index (κ2) is 14.3. The van der Waals surface area contributed by atoms with Gasteiger partial charge in [-0.3, -0.25) is 0 Å². The van der Waals surface area contributed by atoms with Crippen molar-refractivity contribution in [3.63, 3.8) is 0 Å². The van der Waals surface area contributed by atoms with Crippen molar-refractivity contribution in [3.8, 4) is 56.2 Å². The molecule has 0 spiro atoms. The zero-order valence-corrected chi connectivity index (χ0v) is 29.1. The van der Waals surface area contributed by atoms with Crippen LogP contribution in [-0.4, -0.2) is 9.97 Å². The fraction of sp³-hybridized carbons (Fsp3) is 0. The average Bonchev–Trinajstić information content (AvgIpc) is 3.78. The Morgan fingerprint density at radius 2 is 0.929 bits per heavy atom. The van der Waals surface area contributed by atoms with Crippen molar-refractivity contribution in [2.75, 3.05) is 4.90 Å². The first-order chi connectivity index (χ1) is 35.2. The Kier molecular flexibility index (Phi) is 4.91. The molecule has 264 valence electrons. The maximum atomic E-state index is 9.49. The standard InChI is InChI=1S/C52H35N3O/c1-5-14-36(15-6-1)40-20-13-23-45(32-40)55(43-21-11-4-12-22-43)44-28-24-37(25-29-44)41-26-30-46-47-31-27-42(34-51(47)56-50(46)33-41)49-35-48(38-16-7-2-8-17-38)53-52(54-49)39-18-9-3-10-19-39/h1-35H/i1D,4D,5D,6D,11D,12D,13D,14D,15D,20D,21D,22D,23D,24D,25D,28D,29D,32D. The first-order valence-corrected chi connectivity index (χ1v) is 17.3. The summed E-state index contributed by atoms with van der Waals surface area (Å²) < 4.78 is 166. The molecule has 10 aromatic rings. The highest BCUT2D eigenvalue weighted by atomic mass is 16.3. The predicted octanol–water partition coefficient (Wildman–Crippen LogP) is 14.2. The molecule has 0 saturated carbocycles. The minimum absolute atomic E-state index is 0.156. The summed E-state index contributed by atoms with van der Waals surface area (Å²) in [5, 5.41) is 1.37. The van der Waals surface area contributed by atoms with Gasteiger partial charge < -0.3 is 9.32 Å². The van der Waals surface area contributed by atoms with Gasteiger partial charge in [0, 0.05) is 44.5 Å². The van der Waals surface area contributed by atoms with Crippen LogP contribution in [0.3, 0.4) is 0 Å². The third-order valence-electron chi connectivity index (χ3n) is 9.02. The minimum atomic E-state index is -1.02. The van der Waals surface area contributed by atoms with E-state index in [-0.39, 0.29) is 11.1 Å². The summed E-state index contributed by atoms with van der Waals surface area (Å²) >= 11 is 0. The molecule has 0 saturated heterocycles. The summed E-state index contributed by atoms with van der Waals surface area (Å²) in [6.45, 7) is 0. The van der Waals surface area contributed by atoms with Gasteiger partial charge in [0.25, 0.3) is 0 Å². The quantitative estimate of drug-likeness (QED) is 0.156. The lowest BCUT2D eigenvalue weighted by atomic mass is 10.0. The number of hydrogen-bond acceptors (Lipinski definition) is 4. The van der Waals surface area contributed by atoms with Crippen LogP contribution in [0.4, 0.5) is 17.1 Å². The summed E-state index contributed by atoms with van der Waals surface area (Å²) in [6, 6.07) is 15.4. The third-order valence-corrected chi connectivity index (χ3v) is 9.02. The molecule has 0 fully saturated rings. The Labute approximate surface area is 350 Å². The molecule has 0 amide bonds. The second-order valence-corrected chi connectivity index (χ2v) is 12.5.